The quantitative estimate of drug-likeness (QED) is 0.929. The van der Waals surface area contributed by atoms with Crippen LogP contribution in [0.1, 0.15) is 39.3 Å². The van der Waals surface area contributed by atoms with Crippen LogP contribution in [0.4, 0.5) is 19.0 Å². The van der Waals surface area contributed by atoms with Crippen molar-refractivity contribution >= 4 is 11.7 Å². The molecule has 0 aromatic carbocycles. The SMILES string of the molecule is CC(C)(C)c1cc(NC(=O)C(F)(F)F)n(CC2CC2)n1. The highest BCUT2D eigenvalue weighted by Gasteiger charge is 2.39. The Bertz CT molecular complexity index is 510. The summed E-state index contributed by atoms with van der Waals surface area (Å²) in [6, 6.07) is 1.52. The van der Waals surface area contributed by atoms with Gasteiger partial charge in [0.1, 0.15) is 5.82 Å². The maximum Gasteiger partial charge on any atom is 0.471 e. The molecule has 1 amide bonds. The smallest absolute Gasteiger partial charge is 0.303 e. The fourth-order valence-electron chi connectivity index (χ4n) is 1.76. The van der Waals surface area contributed by atoms with Gasteiger partial charge >= 0.3 is 12.1 Å². The maximum atomic E-state index is 12.3. The summed E-state index contributed by atoms with van der Waals surface area (Å²) in [7, 11) is 0. The van der Waals surface area contributed by atoms with Crippen molar-refractivity contribution in [2.24, 2.45) is 5.92 Å². The minimum Gasteiger partial charge on any atom is -0.303 e. The lowest BCUT2D eigenvalue weighted by atomic mass is 9.92. The summed E-state index contributed by atoms with van der Waals surface area (Å²) in [5, 5.41) is 6.24. The Morgan fingerprint density at radius 1 is 1.40 bits per heavy atom. The van der Waals surface area contributed by atoms with Gasteiger partial charge in [-0.15, -0.1) is 0 Å². The molecule has 7 heteroatoms. The van der Waals surface area contributed by atoms with Gasteiger partial charge in [0.25, 0.3) is 0 Å². The number of alkyl halides is 3. The number of carbonyl (C=O) groups excluding carboxylic acids is 1. The lowest BCUT2D eigenvalue weighted by Crippen LogP contribution is -2.31. The van der Waals surface area contributed by atoms with Gasteiger partial charge < -0.3 is 5.32 Å². The average Bonchev–Trinajstić information content (AvgIpc) is 2.98. The molecule has 1 N–H and O–H groups in total. The number of nitrogens with zero attached hydrogens (tertiary/aromatic N) is 2. The van der Waals surface area contributed by atoms with Crippen molar-refractivity contribution in [3.63, 3.8) is 0 Å². The number of rotatable bonds is 3. The van der Waals surface area contributed by atoms with Gasteiger partial charge in [0.15, 0.2) is 0 Å². The van der Waals surface area contributed by atoms with Crippen LogP contribution in [0.5, 0.6) is 0 Å². The van der Waals surface area contributed by atoms with Gasteiger partial charge in [-0.2, -0.15) is 18.3 Å². The fourth-order valence-corrected chi connectivity index (χ4v) is 1.76. The van der Waals surface area contributed by atoms with Crippen molar-refractivity contribution in [1.29, 1.82) is 0 Å². The van der Waals surface area contributed by atoms with Crippen LogP contribution >= 0.6 is 0 Å². The normalized spacial score (nSPS) is 16.3. The second-order valence-corrected chi connectivity index (χ2v) is 6.24. The zero-order valence-electron chi connectivity index (χ0n) is 11.7. The van der Waals surface area contributed by atoms with E-state index in [9.17, 15) is 18.0 Å². The molecule has 0 spiro atoms. The van der Waals surface area contributed by atoms with E-state index in [0.717, 1.165) is 12.8 Å². The molecule has 1 aromatic heterocycles. The van der Waals surface area contributed by atoms with Crippen LogP contribution < -0.4 is 5.32 Å². The molecule has 0 bridgehead atoms. The van der Waals surface area contributed by atoms with Gasteiger partial charge in [-0.25, -0.2) is 4.68 Å². The van der Waals surface area contributed by atoms with Gasteiger partial charge in [-0.05, 0) is 18.8 Å². The molecule has 1 aliphatic carbocycles. The maximum absolute atomic E-state index is 12.3. The van der Waals surface area contributed by atoms with Crippen molar-refractivity contribution in [2.75, 3.05) is 5.32 Å². The lowest BCUT2D eigenvalue weighted by Gasteiger charge is -2.14. The standard InChI is InChI=1S/C13H18F3N3O/c1-12(2,3)9-6-10(17-11(20)13(14,15)16)19(18-9)7-8-4-5-8/h6,8H,4-5,7H2,1-3H3,(H,17,20). The molecule has 4 nitrogen and oxygen atoms in total. The first-order chi connectivity index (χ1) is 9.07. The number of hydrogen-bond acceptors (Lipinski definition) is 2. The summed E-state index contributed by atoms with van der Waals surface area (Å²) in [5.74, 6) is -1.40. The Kier molecular flexibility index (Phi) is 3.56. The molecule has 0 unspecified atom stereocenters. The van der Waals surface area contributed by atoms with Crippen molar-refractivity contribution in [2.45, 2.75) is 51.7 Å². The van der Waals surface area contributed by atoms with E-state index in [1.54, 1.807) is 0 Å². The van der Waals surface area contributed by atoms with Crippen molar-refractivity contribution in [3.05, 3.63) is 11.8 Å². The lowest BCUT2D eigenvalue weighted by molar-refractivity contribution is -0.167. The zero-order chi connectivity index (χ0) is 15.1. The van der Waals surface area contributed by atoms with Gasteiger partial charge in [0.05, 0.1) is 5.69 Å². The largest absolute Gasteiger partial charge is 0.471 e. The third kappa shape index (κ3) is 3.52. The number of halogens is 3. The van der Waals surface area contributed by atoms with E-state index in [-0.39, 0.29) is 11.2 Å². The number of hydrogen-bond donors (Lipinski definition) is 1. The first-order valence-electron chi connectivity index (χ1n) is 6.54. The van der Waals surface area contributed by atoms with Crippen molar-refractivity contribution < 1.29 is 18.0 Å². The Balaban J connectivity index is 2.24. The molecule has 0 atom stereocenters. The topological polar surface area (TPSA) is 46.9 Å². The van der Waals surface area contributed by atoms with E-state index in [1.165, 1.54) is 10.7 Å². The van der Waals surface area contributed by atoms with Crippen LogP contribution in [-0.2, 0) is 16.8 Å². The Hall–Kier alpha value is -1.53. The van der Waals surface area contributed by atoms with Crippen molar-refractivity contribution in [1.82, 2.24) is 9.78 Å². The molecule has 1 fully saturated rings. The van der Waals surface area contributed by atoms with Crippen LogP contribution in [0.2, 0.25) is 0 Å². The number of carbonyl (C=O) groups is 1. The highest BCUT2D eigenvalue weighted by molar-refractivity contribution is 5.94. The van der Waals surface area contributed by atoms with Crippen molar-refractivity contribution in [3.8, 4) is 0 Å². The highest BCUT2D eigenvalue weighted by Crippen LogP contribution is 2.33. The van der Waals surface area contributed by atoms with Gasteiger partial charge in [0.2, 0.25) is 0 Å². The summed E-state index contributed by atoms with van der Waals surface area (Å²) in [4.78, 5) is 11.1. The number of aromatic nitrogens is 2. The van der Waals surface area contributed by atoms with Crippen LogP contribution in [-0.4, -0.2) is 21.9 Å². The van der Waals surface area contributed by atoms with Gasteiger partial charge in [0, 0.05) is 18.0 Å². The highest BCUT2D eigenvalue weighted by atomic mass is 19.4. The summed E-state index contributed by atoms with van der Waals surface area (Å²) in [5.41, 5.74) is 0.377. The van der Waals surface area contributed by atoms with Crippen LogP contribution in [0, 0.1) is 5.92 Å². The van der Waals surface area contributed by atoms with Crippen LogP contribution in [0.15, 0.2) is 6.07 Å². The molecule has 1 heterocycles. The Morgan fingerprint density at radius 2 is 2.00 bits per heavy atom. The summed E-state index contributed by atoms with van der Waals surface area (Å²) in [6.07, 6.45) is -2.79. The summed E-state index contributed by atoms with van der Waals surface area (Å²) in [6.45, 7) is 6.31. The molecule has 1 saturated carbocycles. The number of amides is 1. The Labute approximate surface area is 115 Å². The second kappa shape index (κ2) is 4.79. The molecule has 20 heavy (non-hydrogen) atoms. The Morgan fingerprint density at radius 3 is 2.45 bits per heavy atom. The zero-order valence-corrected chi connectivity index (χ0v) is 11.7. The predicted molar refractivity (Wildman–Crippen MR) is 68.3 cm³/mol. The number of nitrogens with one attached hydrogen (secondary N) is 1. The monoisotopic (exact) mass is 289 g/mol. The molecular weight excluding hydrogens is 271 g/mol. The van der Waals surface area contributed by atoms with E-state index in [2.05, 4.69) is 5.10 Å². The van der Waals surface area contributed by atoms with E-state index in [4.69, 9.17) is 0 Å². The van der Waals surface area contributed by atoms with Crippen LogP contribution in [0.3, 0.4) is 0 Å². The number of anilines is 1. The fraction of sp³-hybridized carbons (Fsp3) is 0.692. The minimum atomic E-state index is -4.89. The summed E-state index contributed by atoms with van der Waals surface area (Å²) < 4.78 is 38.5. The third-order valence-corrected chi connectivity index (χ3v) is 3.18. The van der Waals surface area contributed by atoms with Crippen LogP contribution in [0.25, 0.3) is 0 Å². The molecular formula is C13H18F3N3O. The van der Waals surface area contributed by atoms with Gasteiger partial charge in [-0.1, -0.05) is 20.8 Å². The molecule has 1 aliphatic rings. The molecule has 112 valence electrons. The minimum absolute atomic E-state index is 0.115. The predicted octanol–water partition coefficient (Wildman–Crippen LogP) is 3.09. The third-order valence-electron chi connectivity index (χ3n) is 3.18. The van der Waals surface area contributed by atoms with E-state index >= 15 is 0 Å². The van der Waals surface area contributed by atoms with E-state index in [0.29, 0.717) is 18.2 Å². The summed E-state index contributed by atoms with van der Waals surface area (Å²) >= 11 is 0. The average molecular weight is 289 g/mol. The van der Waals surface area contributed by atoms with Gasteiger partial charge in [-0.3, -0.25) is 4.79 Å². The molecule has 1 aromatic rings. The molecule has 0 aliphatic heterocycles. The first kappa shape index (κ1) is 14.9. The van der Waals surface area contributed by atoms with E-state index < -0.39 is 12.1 Å². The first-order valence-corrected chi connectivity index (χ1v) is 6.54. The van der Waals surface area contributed by atoms with E-state index in [1.807, 2.05) is 26.1 Å². The molecule has 0 radical (unpaired) electrons. The second-order valence-electron chi connectivity index (χ2n) is 6.24. The molecule has 0 saturated heterocycles. The molecule has 2 rings (SSSR count).